The van der Waals surface area contributed by atoms with Gasteiger partial charge in [-0.3, -0.25) is 0 Å². The fourth-order valence-electron chi connectivity index (χ4n) is 3.07. The number of carboxylic acids is 1. The highest BCUT2D eigenvalue weighted by Gasteiger charge is 2.33. The highest BCUT2D eigenvalue weighted by molar-refractivity contribution is 5.88. The number of fused-ring (bicyclic) bond motifs is 1. The van der Waals surface area contributed by atoms with E-state index in [-0.39, 0.29) is 11.0 Å². The molecule has 3 rings (SSSR count). The number of ether oxygens (including phenoxy) is 2. The first-order chi connectivity index (χ1) is 12.0. The molecular weight excluding hydrogens is 316 g/mol. The first kappa shape index (κ1) is 17.1. The third-order valence-electron chi connectivity index (χ3n) is 4.46. The van der Waals surface area contributed by atoms with E-state index in [1.807, 2.05) is 18.2 Å². The summed E-state index contributed by atoms with van der Waals surface area (Å²) in [5, 5.41) is 9.06. The summed E-state index contributed by atoms with van der Waals surface area (Å²) < 4.78 is 11.2. The number of rotatable bonds is 3. The zero-order valence-corrected chi connectivity index (χ0v) is 14.3. The van der Waals surface area contributed by atoms with E-state index in [2.05, 4.69) is 18.8 Å². The molecule has 0 spiro atoms. The van der Waals surface area contributed by atoms with E-state index in [9.17, 15) is 4.79 Å². The van der Waals surface area contributed by atoms with Gasteiger partial charge < -0.3 is 14.6 Å². The number of aromatic carboxylic acids is 1. The molecule has 4 nitrogen and oxygen atoms in total. The third-order valence-corrected chi connectivity index (χ3v) is 4.46. The van der Waals surface area contributed by atoms with Gasteiger partial charge in [-0.15, -0.1) is 0 Å². The molecule has 2 aromatic carbocycles. The van der Waals surface area contributed by atoms with Crippen LogP contribution in [0, 0.1) is 11.8 Å². The van der Waals surface area contributed by atoms with Crippen LogP contribution in [0.1, 0.15) is 40.4 Å². The first-order valence-electron chi connectivity index (χ1n) is 8.13. The van der Waals surface area contributed by atoms with E-state index >= 15 is 0 Å². The molecule has 0 amide bonds. The van der Waals surface area contributed by atoms with E-state index < -0.39 is 5.97 Å². The summed E-state index contributed by atoms with van der Waals surface area (Å²) in [7, 11) is 1.71. The van der Waals surface area contributed by atoms with Gasteiger partial charge in [0.25, 0.3) is 0 Å². The van der Waals surface area contributed by atoms with Crippen molar-refractivity contribution in [2.24, 2.45) is 0 Å². The standard InChI is InChI=1S/C21H20O4/c1-21(14-24-2)10-11-25-19-9-8-16(13-18(19)21)7-6-15-4-3-5-17(12-15)20(22)23/h3-5,8-9,12-13H,10-11,14H2,1-2H3,(H,22,23). The average molecular weight is 336 g/mol. The second kappa shape index (κ2) is 7.00. The summed E-state index contributed by atoms with van der Waals surface area (Å²) in [6.45, 7) is 3.48. The van der Waals surface area contributed by atoms with Gasteiger partial charge in [0.2, 0.25) is 0 Å². The summed E-state index contributed by atoms with van der Waals surface area (Å²) in [4.78, 5) is 11.0. The van der Waals surface area contributed by atoms with Crippen molar-refractivity contribution in [1.82, 2.24) is 0 Å². The lowest BCUT2D eigenvalue weighted by Gasteiger charge is -2.35. The van der Waals surface area contributed by atoms with Crippen LogP contribution in [0.3, 0.4) is 0 Å². The molecule has 4 heteroatoms. The molecule has 0 aliphatic carbocycles. The van der Waals surface area contributed by atoms with Crippen LogP contribution in [0.5, 0.6) is 5.75 Å². The molecule has 2 aromatic rings. The van der Waals surface area contributed by atoms with Crippen molar-refractivity contribution in [2.45, 2.75) is 18.8 Å². The highest BCUT2D eigenvalue weighted by atomic mass is 16.5. The maximum Gasteiger partial charge on any atom is 0.335 e. The molecule has 0 saturated heterocycles. The number of benzene rings is 2. The normalized spacial score (nSPS) is 18.5. The fourth-order valence-corrected chi connectivity index (χ4v) is 3.07. The Hall–Kier alpha value is -2.77. The van der Waals surface area contributed by atoms with Gasteiger partial charge in [0.05, 0.1) is 18.8 Å². The zero-order chi connectivity index (χ0) is 17.9. The minimum atomic E-state index is -0.954. The second-order valence-corrected chi connectivity index (χ2v) is 6.44. The van der Waals surface area contributed by atoms with Gasteiger partial charge in [0, 0.05) is 29.2 Å². The lowest BCUT2D eigenvalue weighted by atomic mass is 9.78. The van der Waals surface area contributed by atoms with E-state index in [1.165, 1.54) is 0 Å². The Balaban J connectivity index is 1.93. The van der Waals surface area contributed by atoms with Crippen molar-refractivity contribution in [3.8, 4) is 17.6 Å². The van der Waals surface area contributed by atoms with Crippen molar-refractivity contribution < 1.29 is 19.4 Å². The van der Waals surface area contributed by atoms with E-state index in [0.717, 1.165) is 23.3 Å². The lowest BCUT2D eigenvalue weighted by molar-refractivity contribution is 0.0697. The number of hydrogen-bond acceptors (Lipinski definition) is 3. The van der Waals surface area contributed by atoms with Gasteiger partial charge >= 0.3 is 5.97 Å². The van der Waals surface area contributed by atoms with Crippen molar-refractivity contribution in [2.75, 3.05) is 20.3 Å². The number of carboxylic acid groups (broad SMARTS) is 1. The molecular formula is C21H20O4. The molecule has 0 bridgehead atoms. The summed E-state index contributed by atoms with van der Waals surface area (Å²) >= 11 is 0. The van der Waals surface area contributed by atoms with Crippen LogP contribution in [-0.4, -0.2) is 31.4 Å². The van der Waals surface area contributed by atoms with Crippen LogP contribution >= 0.6 is 0 Å². The van der Waals surface area contributed by atoms with Crippen LogP contribution in [0.4, 0.5) is 0 Å². The quantitative estimate of drug-likeness (QED) is 0.872. The van der Waals surface area contributed by atoms with Gasteiger partial charge in [0.15, 0.2) is 0 Å². The number of methoxy groups -OCH3 is 1. The minimum Gasteiger partial charge on any atom is -0.493 e. The molecule has 0 radical (unpaired) electrons. The van der Waals surface area contributed by atoms with Crippen LogP contribution < -0.4 is 4.74 Å². The molecule has 1 N–H and O–H groups in total. The third kappa shape index (κ3) is 3.67. The predicted octanol–water partition coefficient (Wildman–Crippen LogP) is 3.47. The minimum absolute atomic E-state index is 0.0940. The maximum atomic E-state index is 11.0. The van der Waals surface area contributed by atoms with Crippen LogP contribution in [0.15, 0.2) is 42.5 Å². The Morgan fingerprint density at radius 1 is 1.24 bits per heavy atom. The monoisotopic (exact) mass is 336 g/mol. The lowest BCUT2D eigenvalue weighted by Crippen LogP contribution is -2.34. The van der Waals surface area contributed by atoms with Crippen molar-refractivity contribution in [3.63, 3.8) is 0 Å². The maximum absolute atomic E-state index is 11.0. The van der Waals surface area contributed by atoms with E-state index in [0.29, 0.717) is 18.8 Å². The Morgan fingerprint density at radius 2 is 2.00 bits per heavy atom. The van der Waals surface area contributed by atoms with Gasteiger partial charge in [0.1, 0.15) is 5.75 Å². The zero-order valence-electron chi connectivity index (χ0n) is 14.3. The van der Waals surface area contributed by atoms with Crippen molar-refractivity contribution in [3.05, 3.63) is 64.7 Å². The van der Waals surface area contributed by atoms with Gasteiger partial charge in [-0.25, -0.2) is 4.79 Å². The highest BCUT2D eigenvalue weighted by Crippen LogP contribution is 2.39. The molecule has 1 aliphatic rings. The Kier molecular flexibility index (Phi) is 4.78. The Bertz CT molecular complexity index is 860. The molecule has 25 heavy (non-hydrogen) atoms. The van der Waals surface area contributed by atoms with Crippen molar-refractivity contribution in [1.29, 1.82) is 0 Å². The van der Waals surface area contributed by atoms with Crippen LogP contribution in [0.25, 0.3) is 0 Å². The Morgan fingerprint density at radius 3 is 2.72 bits per heavy atom. The Labute approximate surface area is 147 Å². The molecule has 128 valence electrons. The second-order valence-electron chi connectivity index (χ2n) is 6.44. The molecule has 1 atom stereocenters. The summed E-state index contributed by atoms with van der Waals surface area (Å²) in [6.07, 6.45) is 0.894. The topological polar surface area (TPSA) is 55.8 Å². The molecule has 1 aliphatic heterocycles. The van der Waals surface area contributed by atoms with Crippen molar-refractivity contribution >= 4 is 5.97 Å². The van der Waals surface area contributed by atoms with Crippen LogP contribution in [0.2, 0.25) is 0 Å². The molecule has 0 aromatic heterocycles. The smallest absolute Gasteiger partial charge is 0.335 e. The fraction of sp³-hybridized carbons (Fsp3) is 0.286. The van der Waals surface area contributed by atoms with Gasteiger partial charge in [-0.1, -0.05) is 24.8 Å². The summed E-state index contributed by atoms with van der Waals surface area (Å²) in [6, 6.07) is 12.5. The van der Waals surface area contributed by atoms with Gasteiger partial charge in [-0.05, 0) is 42.8 Å². The molecule has 0 saturated carbocycles. The number of carbonyl (C=O) groups is 1. The average Bonchev–Trinajstić information content (AvgIpc) is 2.61. The molecule has 1 heterocycles. The predicted molar refractivity (Wildman–Crippen MR) is 95.2 cm³/mol. The van der Waals surface area contributed by atoms with E-state index in [4.69, 9.17) is 14.6 Å². The SMILES string of the molecule is COCC1(C)CCOc2ccc(C#Cc3cccc(C(=O)O)c3)cc21. The summed E-state index contributed by atoms with van der Waals surface area (Å²) in [5.41, 5.74) is 2.79. The largest absolute Gasteiger partial charge is 0.493 e. The molecule has 1 unspecified atom stereocenters. The molecule has 0 fully saturated rings. The van der Waals surface area contributed by atoms with E-state index in [1.54, 1.807) is 31.4 Å². The number of hydrogen-bond donors (Lipinski definition) is 1. The summed E-state index contributed by atoms with van der Waals surface area (Å²) in [5.74, 6) is 6.08. The van der Waals surface area contributed by atoms with Gasteiger partial charge in [-0.2, -0.15) is 0 Å². The van der Waals surface area contributed by atoms with Crippen LogP contribution in [-0.2, 0) is 10.2 Å². The first-order valence-corrected chi connectivity index (χ1v) is 8.13.